The highest BCUT2D eigenvalue weighted by molar-refractivity contribution is 6.29. The zero-order chi connectivity index (χ0) is 13.8. The number of aromatic nitrogens is 1. The Balaban J connectivity index is 1.85. The quantitative estimate of drug-likeness (QED) is 0.867. The van der Waals surface area contributed by atoms with Crippen molar-refractivity contribution in [2.45, 2.75) is 32.7 Å². The fourth-order valence-electron chi connectivity index (χ4n) is 2.34. The van der Waals surface area contributed by atoms with Gasteiger partial charge in [0.05, 0.1) is 0 Å². The van der Waals surface area contributed by atoms with Gasteiger partial charge in [-0.3, -0.25) is 4.79 Å². The van der Waals surface area contributed by atoms with Crippen molar-refractivity contribution in [3.63, 3.8) is 0 Å². The van der Waals surface area contributed by atoms with Crippen LogP contribution < -0.4 is 5.32 Å². The Morgan fingerprint density at radius 3 is 2.74 bits per heavy atom. The first-order valence-corrected chi connectivity index (χ1v) is 7.11. The van der Waals surface area contributed by atoms with Gasteiger partial charge in [0.1, 0.15) is 5.15 Å². The monoisotopic (exact) mass is 281 g/mol. The van der Waals surface area contributed by atoms with Crippen LogP contribution in [0.1, 0.15) is 26.7 Å². The third-order valence-electron chi connectivity index (χ3n) is 3.40. The number of carbonyl (C=O) groups excluding carboxylic acids is 1. The lowest BCUT2D eigenvalue weighted by molar-refractivity contribution is -0.135. The molecular formula is C14H20ClN3O. The summed E-state index contributed by atoms with van der Waals surface area (Å²) in [6, 6.07) is 4.14. The van der Waals surface area contributed by atoms with Crippen LogP contribution in [0.2, 0.25) is 5.15 Å². The molecule has 0 aromatic carbocycles. The van der Waals surface area contributed by atoms with Gasteiger partial charge in [0, 0.05) is 36.9 Å². The summed E-state index contributed by atoms with van der Waals surface area (Å²) in [6.07, 6.45) is 3.64. The minimum absolute atomic E-state index is 0.0866. The van der Waals surface area contributed by atoms with E-state index in [1.165, 1.54) is 0 Å². The summed E-state index contributed by atoms with van der Waals surface area (Å²) in [5.74, 6) is 0.342. The molecule has 0 spiro atoms. The highest BCUT2D eigenvalue weighted by Gasteiger charge is 2.24. The molecule has 0 atom stereocenters. The van der Waals surface area contributed by atoms with Crippen molar-refractivity contribution in [2.24, 2.45) is 5.92 Å². The van der Waals surface area contributed by atoms with Crippen molar-refractivity contribution in [3.05, 3.63) is 23.5 Å². The summed E-state index contributed by atoms with van der Waals surface area (Å²) in [5.41, 5.74) is 0.994. The molecule has 0 aliphatic carbocycles. The van der Waals surface area contributed by atoms with E-state index in [9.17, 15) is 4.79 Å². The predicted molar refractivity (Wildman–Crippen MR) is 77.3 cm³/mol. The summed E-state index contributed by atoms with van der Waals surface area (Å²) in [7, 11) is 0. The molecule has 1 aromatic heterocycles. The number of carbonyl (C=O) groups is 1. The van der Waals surface area contributed by atoms with Crippen LogP contribution >= 0.6 is 11.6 Å². The molecule has 104 valence electrons. The van der Waals surface area contributed by atoms with Crippen molar-refractivity contribution in [1.29, 1.82) is 0 Å². The minimum atomic E-state index is 0.0866. The number of piperidine rings is 1. The zero-order valence-corrected chi connectivity index (χ0v) is 12.2. The van der Waals surface area contributed by atoms with Gasteiger partial charge >= 0.3 is 0 Å². The van der Waals surface area contributed by atoms with E-state index in [4.69, 9.17) is 11.6 Å². The Labute approximate surface area is 119 Å². The van der Waals surface area contributed by atoms with E-state index in [-0.39, 0.29) is 11.8 Å². The molecule has 1 N–H and O–H groups in total. The number of pyridine rings is 1. The lowest BCUT2D eigenvalue weighted by atomic mass is 10.0. The van der Waals surface area contributed by atoms with Gasteiger partial charge in [-0.05, 0) is 25.0 Å². The summed E-state index contributed by atoms with van der Waals surface area (Å²) < 4.78 is 0. The molecule has 0 saturated carbocycles. The smallest absolute Gasteiger partial charge is 0.225 e. The normalized spacial score (nSPS) is 16.7. The molecule has 0 bridgehead atoms. The molecule has 1 aliphatic rings. The van der Waals surface area contributed by atoms with Crippen molar-refractivity contribution in [3.8, 4) is 0 Å². The first-order valence-electron chi connectivity index (χ1n) is 6.73. The SMILES string of the molecule is CC(C)C(=O)N1CCC(Nc2ccnc(Cl)c2)CC1. The van der Waals surface area contributed by atoms with Crippen molar-refractivity contribution < 1.29 is 4.79 Å². The van der Waals surface area contributed by atoms with Gasteiger partial charge in [0.25, 0.3) is 0 Å². The maximum atomic E-state index is 11.9. The second-order valence-electron chi connectivity index (χ2n) is 5.27. The van der Waals surface area contributed by atoms with Crippen LogP contribution in [-0.2, 0) is 4.79 Å². The van der Waals surface area contributed by atoms with E-state index in [1.54, 1.807) is 6.20 Å². The standard InChI is InChI=1S/C14H20ClN3O/c1-10(2)14(19)18-7-4-11(5-8-18)17-12-3-6-16-13(15)9-12/h3,6,9-11H,4-5,7-8H2,1-2H3,(H,16,17). The van der Waals surface area contributed by atoms with Gasteiger partial charge < -0.3 is 10.2 Å². The number of hydrogen-bond donors (Lipinski definition) is 1. The van der Waals surface area contributed by atoms with Gasteiger partial charge in [-0.25, -0.2) is 4.98 Å². The van der Waals surface area contributed by atoms with E-state index in [0.29, 0.717) is 11.2 Å². The first kappa shape index (κ1) is 14.1. The fourth-order valence-corrected chi connectivity index (χ4v) is 2.51. The molecule has 1 fully saturated rings. The van der Waals surface area contributed by atoms with Crippen LogP contribution in [0.4, 0.5) is 5.69 Å². The van der Waals surface area contributed by atoms with Gasteiger partial charge in [-0.2, -0.15) is 0 Å². The Hall–Kier alpha value is -1.29. The molecule has 1 aliphatic heterocycles. The van der Waals surface area contributed by atoms with E-state index in [1.807, 2.05) is 30.9 Å². The second-order valence-corrected chi connectivity index (χ2v) is 5.65. The largest absolute Gasteiger partial charge is 0.382 e. The molecule has 0 radical (unpaired) electrons. The van der Waals surface area contributed by atoms with Crippen LogP contribution in [0.3, 0.4) is 0 Å². The topological polar surface area (TPSA) is 45.2 Å². The number of likely N-dealkylation sites (tertiary alicyclic amines) is 1. The van der Waals surface area contributed by atoms with Crippen LogP contribution in [-0.4, -0.2) is 34.9 Å². The Morgan fingerprint density at radius 1 is 1.47 bits per heavy atom. The zero-order valence-electron chi connectivity index (χ0n) is 11.4. The number of rotatable bonds is 3. The lowest BCUT2D eigenvalue weighted by Gasteiger charge is -2.33. The fraction of sp³-hybridized carbons (Fsp3) is 0.571. The van der Waals surface area contributed by atoms with Crippen molar-refractivity contribution >= 4 is 23.2 Å². The summed E-state index contributed by atoms with van der Waals surface area (Å²) in [6.45, 7) is 5.55. The highest BCUT2D eigenvalue weighted by Crippen LogP contribution is 2.19. The van der Waals surface area contributed by atoms with Gasteiger partial charge in [0.2, 0.25) is 5.91 Å². The molecule has 2 rings (SSSR count). The average Bonchev–Trinajstić information content (AvgIpc) is 2.39. The second kappa shape index (κ2) is 6.24. The Kier molecular flexibility index (Phi) is 4.64. The lowest BCUT2D eigenvalue weighted by Crippen LogP contribution is -2.43. The third kappa shape index (κ3) is 3.83. The Morgan fingerprint density at radius 2 is 2.16 bits per heavy atom. The van der Waals surface area contributed by atoms with Crippen LogP contribution in [0.15, 0.2) is 18.3 Å². The van der Waals surface area contributed by atoms with E-state index in [0.717, 1.165) is 31.6 Å². The average molecular weight is 282 g/mol. The van der Waals surface area contributed by atoms with E-state index < -0.39 is 0 Å². The summed E-state index contributed by atoms with van der Waals surface area (Å²) in [4.78, 5) is 17.8. The first-order chi connectivity index (χ1) is 9.06. The molecule has 1 amide bonds. The van der Waals surface area contributed by atoms with Gasteiger partial charge in [-0.15, -0.1) is 0 Å². The maximum Gasteiger partial charge on any atom is 0.225 e. The molecule has 1 saturated heterocycles. The Bertz CT molecular complexity index is 442. The van der Waals surface area contributed by atoms with Crippen molar-refractivity contribution in [2.75, 3.05) is 18.4 Å². The van der Waals surface area contributed by atoms with Gasteiger partial charge in [-0.1, -0.05) is 25.4 Å². The number of nitrogens with zero attached hydrogens (tertiary/aromatic N) is 2. The summed E-state index contributed by atoms with van der Waals surface area (Å²) in [5, 5.41) is 3.95. The number of nitrogens with one attached hydrogen (secondary N) is 1. The number of hydrogen-bond acceptors (Lipinski definition) is 3. The molecule has 4 nitrogen and oxygen atoms in total. The number of halogens is 1. The number of anilines is 1. The van der Waals surface area contributed by atoms with Gasteiger partial charge in [0.15, 0.2) is 0 Å². The molecule has 2 heterocycles. The van der Waals surface area contributed by atoms with Crippen LogP contribution in [0, 0.1) is 5.92 Å². The third-order valence-corrected chi connectivity index (χ3v) is 3.60. The van der Waals surface area contributed by atoms with E-state index in [2.05, 4.69) is 10.3 Å². The van der Waals surface area contributed by atoms with Crippen molar-refractivity contribution in [1.82, 2.24) is 9.88 Å². The predicted octanol–water partition coefficient (Wildman–Crippen LogP) is 2.79. The molecular weight excluding hydrogens is 262 g/mol. The maximum absolute atomic E-state index is 11.9. The minimum Gasteiger partial charge on any atom is -0.382 e. The number of amides is 1. The molecule has 5 heteroatoms. The van der Waals surface area contributed by atoms with Crippen LogP contribution in [0.5, 0.6) is 0 Å². The highest BCUT2D eigenvalue weighted by atomic mass is 35.5. The van der Waals surface area contributed by atoms with E-state index >= 15 is 0 Å². The molecule has 19 heavy (non-hydrogen) atoms. The summed E-state index contributed by atoms with van der Waals surface area (Å²) >= 11 is 5.86. The van der Waals surface area contributed by atoms with Crippen LogP contribution in [0.25, 0.3) is 0 Å². The molecule has 1 aromatic rings. The molecule has 0 unspecified atom stereocenters.